The number of hydrogen-bond acceptors (Lipinski definition) is 3. The van der Waals surface area contributed by atoms with E-state index in [1.165, 1.54) is 7.05 Å². The minimum atomic E-state index is -3.24. The van der Waals surface area contributed by atoms with Crippen LogP contribution < -0.4 is 15.8 Å². The van der Waals surface area contributed by atoms with Gasteiger partial charge >= 0.3 is 0 Å². The highest BCUT2D eigenvalue weighted by Gasteiger charge is 2.10. The number of nitrogens with one attached hydrogen (secondary N) is 2. The van der Waals surface area contributed by atoms with Crippen molar-refractivity contribution in [2.24, 2.45) is 10.7 Å². The van der Waals surface area contributed by atoms with E-state index in [-0.39, 0.29) is 35.3 Å². The number of hydrogen-bond donors (Lipinski definition) is 3. The van der Waals surface area contributed by atoms with Gasteiger partial charge in [0.1, 0.15) is 0 Å². The molecular weight excluding hydrogens is 415 g/mol. The molecule has 1 rings (SSSR count). The molecule has 0 radical (unpaired) electrons. The monoisotopic (exact) mass is 440 g/mol. The maximum atomic E-state index is 11.4. The van der Waals surface area contributed by atoms with Crippen LogP contribution in [0.15, 0.2) is 29.3 Å². The van der Waals surface area contributed by atoms with Gasteiger partial charge in [-0.3, -0.25) is 0 Å². The Morgan fingerprint density at radius 1 is 1.18 bits per heavy atom. The summed E-state index contributed by atoms with van der Waals surface area (Å²) in [5, 5.41) is 3.08. The summed E-state index contributed by atoms with van der Waals surface area (Å²) in [6.07, 6.45) is 0. The van der Waals surface area contributed by atoms with Crippen molar-refractivity contribution in [1.82, 2.24) is 10.0 Å². The first-order chi connectivity index (χ1) is 9.61. The first-order valence-electron chi connectivity index (χ1n) is 6.68. The smallest absolute Gasteiger partial charge is 0.215 e. The van der Waals surface area contributed by atoms with Gasteiger partial charge in [0.15, 0.2) is 5.96 Å². The fourth-order valence-electron chi connectivity index (χ4n) is 1.63. The molecule has 0 saturated carbocycles. The summed E-state index contributed by atoms with van der Waals surface area (Å²) >= 11 is 0. The van der Waals surface area contributed by atoms with Crippen molar-refractivity contribution < 1.29 is 8.42 Å². The van der Waals surface area contributed by atoms with Crippen LogP contribution in [0.3, 0.4) is 0 Å². The summed E-state index contributed by atoms with van der Waals surface area (Å²) in [4.78, 5) is 4.25. The summed E-state index contributed by atoms with van der Waals surface area (Å²) < 4.78 is 25.2. The van der Waals surface area contributed by atoms with Crippen molar-refractivity contribution in [2.75, 3.05) is 7.05 Å². The molecule has 0 heterocycles. The third-order valence-electron chi connectivity index (χ3n) is 2.63. The minimum Gasteiger partial charge on any atom is -0.370 e. The number of benzene rings is 1. The van der Waals surface area contributed by atoms with Gasteiger partial charge in [0, 0.05) is 5.54 Å². The third-order valence-corrected chi connectivity index (χ3v) is 3.96. The maximum Gasteiger partial charge on any atom is 0.215 e. The third kappa shape index (κ3) is 8.54. The van der Waals surface area contributed by atoms with Gasteiger partial charge < -0.3 is 11.1 Å². The van der Waals surface area contributed by atoms with Gasteiger partial charge in [-0.15, -0.1) is 24.0 Å². The van der Waals surface area contributed by atoms with Crippen LogP contribution in [0.1, 0.15) is 31.9 Å². The van der Waals surface area contributed by atoms with Crippen LogP contribution in [-0.4, -0.2) is 27.0 Å². The summed E-state index contributed by atoms with van der Waals surface area (Å²) in [5.74, 6) is 0.366. The van der Waals surface area contributed by atoms with E-state index < -0.39 is 10.0 Å². The maximum absolute atomic E-state index is 11.4. The molecule has 0 saturated heterocycles. The van der Waals surface area contributed by atoms with Crippen LogP contribution >= 0.6 is 24.0 Å². The molecule has 0 bridgehead atoms. The Hall–Kier alpha value is -0.870. The van der Waals surface area contributed by atoms with E-state index in [1.807, 2.05) is 32.9 Å². The van der Waals surface area contributed by atoms with Crippen molar-refractivity contribution in [1.29, 1.82) is 0 Å². The van der Waals surface area contributed by atoms with Gasteiger partial charge in [-0.25, -0.2) is 18.1 Å². The molecule has 0 unspecified atom stereocenters. The SMILES string of the molecule is CNS(=O)(=O)Cc1ccc(CN=C(N)NC(C)(C)C)cc1.I. The number of nitrogens with zero attached hydrogens (tertiary/aromatic N) is 1. The minimum absolute atomic E-state index is 0. The zero-order chi connectivity index (χ0) is 16.1. The quantitative estimate of drug-likeness (QED) is 0.368. The highest BCUT2D eigenvalue weighted by atomic mass is 127. The van der Waals surface area contributed by atoms with Crippen molar-refractivity contribution in [3.63, 3.8) is 0 Å². The van der Waals surface area contributed by atoms with E-state index in [0.717, 1.165) is 11.1 Å². The molecule has 0 fully saturated rings. The fraction of sp³-hybridized carbons (Fsp3) is 0.500. The van der Waals surface area contributed by atoms with Crippen LogP contribution in [0.25, 0.3) is 0 Å². The Kier molecular flexibility index (Phi) is 8.34. The van der Waals surface area contributed by atoms with Crippen LogP contribution in [-0.2, 0) is 22.3 Å². The van der Waals surface area contributed by atoms with Gasteiger partial charge in [0.2, 0.25) is 10.0 Å². The van der Waals surface area contributed by atoms with E-state index in [1.54, 1.807) is 12.1 Å². The second-order valence-corrected chi connectivity index (χ2v) is 7.78. The Bertz CT molecular complexity index is 592. The summed E-state index contributed by atoms with van der Waals surface area (Å²) in [5.41, 5.74) is 7.37. The number of aliphatic imine (C=N–C) groups is 1. The number of rotatable bonds is 5. The van der Waals surface area contributed by atoms with Crippen LogP contribution in [0, 0.1) is 0 Å². The number of halogens is 1. The van der Waals surface area contributed by atoms with Crippen LogP contribution in [0.2, 0.25) is 0 Å². The number of sulfonamides is 1. The fourth-order valence-corrected chi connectivity index (χ4v) is 2.41. The molecule has 0 spiro atoms. The molecule has 4 N–H and O–H groups in total. The standard InChI is InChI=1S/C14H24N4O2S.HI/c1-14(2,3)18-13(15)17-9-11-5-7-12(8-6-11)10-21(19,20)16-4;/h5-8,16H,9-10H2,1-4H3,(H3,15,17,18);1H. The normalized spacial score (nSPS) is 12.6. The Balaban J connectivity index is 0.00000441. The molecule has 8 heteroatoms. The predicted molar refractivity (Wildman–Crippen MR) is 102 cm³/mol. The molecule has 126 valence electrons. The zero-order valence-corrected chi connectivity index (χ0v) is 16.5. The van der Waals surface area contributed by atoms with E-state index >= 15 is 0 Å². The first-order valence-corrected chi connectivity index (χ1v) is 8.34. The van der Waals surface area contributed by atoms with Gasteiger partial charge in [0.25, 0.3) is 0 Å². The predicted octanol–water partition coefficient (Wildman–Crippen LogP) is 1.56. The van der Waals surface area contributed by atoms with E-state index in [0.29, 0.717) is 12.5 Å². The highest BCUT2D eigenvalue weighted by Crippen LogP contribution is 2.08. The van der Waals surface area contributed by atoms with Crippen molar-refractivity contribution >= 4 is 40.0 Å². The topological polar surface area (TPSA) is 96.6 Å². The lowest BCUT2D eigenvalue weighted by molar-refractivity contribution is 0.508. The summed E-state index contributed by atoms with van der Waals surface area (Å²) in [6.45, 7) is 6.47. The molecule has 0 aromatic heterocycles. The van der Waals surface area contributed by atoms with Gasteiger partial charge in [-0.05, 0) is 38.9 Å². The average molecular weight is 440 g/mol. The van der Waals surface area contributed by atoms with Crippen molar-refractivity contribution in [3.8, 4) is 0 Å². The van der Waals surface area contributed by atoms with Gasteiger partial charge in [-0.2, -0.15) is 0 Å². The van der Waals surface area contributed by atoms with Gasteiger partial charge in [0.05, 0.1) is 12.3 Å². The second-order valence-electron chi connectivity index (χ2n) is 5.86. The van der Waals surface area contributed by atoms with Crippen LogP contribution in [0.4, 0.5) is 0 Å². The molecule has 0 aliphatic heterocycles. The van der Waals surface area contributed by atoms with Crippen LogP contribution in [0.5, 0.6) is 0 Å². The molecular formula is C14H25IN4O2S. The van der Waals surface area contributed by atoms with Crippen molar-refractivity contribution in [3.05, 3.63) is 35.4 Å². The summed E-state index contributed by atoms with van der Waals surface area (Å²) in [7, 11) is -1.83. The van der Waals surface area contributed by atoms with E-state index in [4.69, 9.17) is 5.73 Å². The van der Waals surface area contributed by atoms with Crippen molar-refractivity contribution in [2.45, 2.75) is 38.6 Å². The van der Waals surface area contributed by atoms with Gasteiger partial charge in [-0.1, -0.05) is 24.3 Å². The average Bonchev–Trinajstić information content (AvgIpc) is 2.35. The second kappa shape index (κ2) is 8.68. The Labute approximate surface area is 150 Å². The molecule has 0 atom stereocenters. The molecule has 0 aliphatic rings. The largest absolute Gasteiger partial charge is 0.370 e. The van der Waals surface area contributed by atoms with E-state index in [9.17, 15) is 8.42 Å². The summed E-state index contributed by atoms with van der Waals surface area (Å²) in [6, 6.07) is 7.28. The lowest BCUT2D eigenvalue weighted by atomic mass is 10.1. The first kappa shape index (κ1) is 21.1. The van der Waals surface area contributed by atoms with E-state index in [2.05, 4.69) is 15.0 Å². The highest BCUT2D eigenvalue weighted by molar-refractivity contribution is 14.0. The number of nitrogens with two attached hydrogens (primary N) is 1. The molecule has 0 amide bonds. The lowest BCUT2D eigenvalue weighted by Gasteiger charge is -2.20. The lowest BCUT2D eigenvalue weighted by Crippen LogP contribution is -2.44. The molecule has 1 aromatic rings. The Morgan fingerprint density at radius 2 is 1.68 bits per heavy atom. The molecule has 0 aliphatic carbocycles. The Morgan fingerprint density at radius 3 is 2.14 bits per heavy atom. The molecule has 22 heavy (non-hydrogen) atoms. The number of guanidine groups is 1. The molecule has 6 nitrogen and oxygen atoms in total. The zero-order valence-electron chi connectivity index (χ0n) is 13.4. The molecule has 1 aromatic carbocycles.